The number of rotatable bonds is 9. The van der Waals surface area contributed by atoms with Crippen molar-refractivity contribution in [1.82, 2.24) is 24.8 Å². The summed E-state index contributed by atoms with van der Waals surface area (Å²) in [4.78, 5) is 38.9. The number of hydrogen-bond acceptors (Lipinski definition) is 7. The molecule has 0 spiro atoms. The van der Waals surface area contributed by atoms with Gasteiger partial charge in [-0.05, 0) is 38.0 Å². The van der Waals surface area contributed by atoms with E-state index in [-0.39, 0.29) is 30.9 Å². The Kier molecular flexibility index (Phi) is 7.23. The number of imide groups is 1. The number of nitrogens with zero attached hydrogens (tertiary/aromatic N) is 4. The lowest BCUT2D eigenvalue weighted by atomic mass is 10.1. The minimum Gasteiger partial charge on any atom is -0.374 e. The second kappa shape index (κ2) is 10.3. The van der Waals surface area contributed by atoms with Crippen molar-refractivity contribution in [2.24, 2.45) is 5.73 Å². The number of aromatic nitrogens is 3. The highest BCUT2D eigenvalue weighted by molar-refractivity contribution is 5.97. The van der Waals surface area contributed by atoms with Crippen LogP contribution in [0.25, 0.3) is 5.65 Å². The maximum absolute atomic E-state index is 12.8. The number of hydrogen-bond donors (Lipinski definition) is 2. The minimum absolute atomic E-state index is 0.0912. The van der Waals surface area contributed by atoms with Gasteiger partial charge in [0.05, 0.1) is 25.3 Å². The molecule has 1 saturated heterocycles. The van der Waals surface area contributed by atoms with Gasteiger partial charge in [0.15, 0.2) is 11.5 Å². The molecule has 0 unspecified atom stereocenters. The molecule has 0 saturated carbocycles. The maximum atomic E-state index is 12.8. The standard InChI is InChI=1S/C25H30N6O4/c1-25(2,26)24(34)27-19(16-35-15-17-8-4-3-5-9-17)23-29-28-20-11-6-10-18(31(20)23)14-30-21(32)12-7-13-22(30)33/h3-6,8-11,19H,7,12-16,26H2,1-2H3,(H,27,34)/t19-/m1/s1. The van der Waals surface area contributed by atoms with Gasteiger partial charge in [-0.25, -0.2) is 0 Å². The summed E-state index contributed by atoms with van der Waals surface area (Å²) in [5.74, 6) is -0.345. The monoisotopic (exact) mass is 478 g/mol. The third-order valence-electron chi connectivity index (χ3n) is 5.84. The van der Waals surface area contributed by atoms with Crippen LogP contribution in [0.2, 0.25) is 0 Å². The molecule has 1 aromatic carbocycles. The van der Waals surface area contributed by atoms with E-state index in [1.54, 1.807) is 30.4 Å². The smallest absolute Gasteiger partial charge is 0.240 e. The van der Waals surface area contributed by atoms with Crippen LogP contribution in [0, 0.1) is 0 Å². The van der Waals surface area contributed by atoms with Gasteiger partial charge in [0.2, 0.25) is 17.7 Å². The van der Waals surface area contributed by atoms with Crippen molar-refractivity contribution >= 4 is 23.4 Å². The van der Waals surface area contributed by atoms with Crippen LogP contribution in [-0.2, 0) is 32.3 Å². The molecule has 4 rings (SSSR count). The fourth-order valence-electron chi connectivity index (χ4n) is 3.91. The first-order chi connectivity index (χ1) is 16.7. The zero-order chi connectivity index (χ0) is 25.0. The molecule has 1 aliphatic rings. The van der Waals surface area contributed by atoms with E-state index >= 15 is 0 Å². The Balaban J connectivity index is 1.64. The first-order valence-electron chi connectivity index (χ1n) is 11.6. The number of carbonyl (C=O) groups is 3. The van der Waals surface area contributed by atoms with Crippen LogP contribution in [-0.4, -0.2) is 49.4 Å². The Labute approximate surface area is 203 Å². The molecule has 0 bridgehead atoms. The number of carbonyl (C=O) groups excluding carboxylic acids is 3. The summed E-state index contributed by atoms with van der Waals surface area (Å²) in [5.41, 5.74) is 7.08. The summed E-state index contributed by atoms with van der Waals surface area (Å²) < 4.78 is 7.70. The molecule has 0 aliphatic carbocycles. The van der Waals surface area contributed by atoms with Crippen molar-refractivity contribution in [2.45, 2.75) is 57.8 Å². The number of pyridine rings is 1. The quantitative estimate of drug-likeness (QED) is 0.449. The lowest BCUT2D eigenvalue weighted by Crippen LogP contribution is -2.51. The number of likely N-dealkylation sites (tertiary alicyclic amines) is 1. The second-order valence-electron chi connectivity index (χ2n) is 9.24. The van der Waals surface area contributed by atoms with Crippen LogP contribution < -0.4 is 11.1 Å². The van der Waals surface area contributed by atoms with Crippen molar-refractivity contribution in [3.05, 3.63) is 65.6 Å². The number of piperidine rings is 1. The maximum Gasteiger partial charge on any atom is 0.240 e. The number of amides is 3. The van der Waals surface area contributed by atoms with Gasteiger partial charge in [0.25, 0.3) is 0 Å². The van der Waals surface area contributed by atoms with Crippen molar-refractivity contribution in [3.8, 4) is 0 Å². The zero-order valence-corrected chi connectivity index (χ0v) is 19.9. The summed E-state index contributed by atoms with van der Waals surface area (Å²) in [7, 11) is 0. The topological polar surface area (TPSA) is 132 Å². The van der Waals surface area contributed by atoms with Crippen molar-refractivity contribution in [1.29, 1.82) is 0 Å². The molecule has 3 aromatic rings. The molecular formula is C25H30N6O4. The molecule has 10 nitrogen and oxygen atoms in total. The second-order valence-corrected chi connectivity index (χ2v) is 9.24. The van der Waals surface area contributed by atoms with Gasteiger partial charge >= 0.3 is 0 Å². The van der Waals surface area contributed by atoms with Gasteiger partial charge in [-0.15, -0.1) is 10.2 Å². The summed E-state index contributed by atoms with van der Waals surface area (Å²) in [6.45, 7) is 3.79. The number of nitrogens with one attached hydrogen (secondary N) is 1. The van der Waals surface area contributed by atoms with E-state index in [2.05, 4.69) is 15.5 Å². The normalized spacial score (nSPS) is 15.5. The Morgan fingerprint density at radius 1 is 1.09 bits per heavy atom. The van der Waals surface area contributed by atoms with Gasteiger partial charge < -0.3 is 15.8 Å². The van der Waals surface area contributed by atoms with E-state index in [4.69, 9.17) is 10.5 Å². The number of fused-ring (bicyclic) bond motifs is 1. The van der Waals surface area contributed by atoms with E-state index < -0.39 is 11.6 Å². The minimum atomic E-state index is -1.12. The van der Waals surface area contributed by atoms with Gasteiger partial charge in [0.1, 0.15) is 6.04 Å². The van der Waals surface area contributed by atoms with Gasteiger partial charge in [-0.2, -0.15) is 0 Å². The molecule has 3 amide bonds. The third-order valence-corrected chi connectivity index (χ3v) is 5.84. The number of benzene rings is 1. The predicted octanol–water partition coefficient (Wildman–Crippen LogP) is 1.88. The van der Waals surface area contributed by atoms with E-state index in [0.29, 0.717) is 43.0 Å². The highest BCUT2D eigenvalue weighted by Gasteiger charge is 2.30. The third kappa shape index (κ3) is 5.72. The molecule has 0 radical (unpaired) electrons. The van der Waals surface area contributed by atoms with Crippen molar-refractivity contribution < 1.29 is 19.1 Å². The summed E-state index contributed by atoms with van der Waals surface area (Å²) in [6.07, 6.45) is 1.25. The molecule has 1 atom stereocenters. The van der Waals surface area contributed by atoms with Crippen LogP contribution in [0.15, 0.2) is 48.5 Å². The lowest BCUT2D eigenvalue weighted by Gasteiger charge is -2.26. The Hall–Kier alpha value is -3.63. The van der Waals surface area contributed by atoms with E-state index in [1.807, 2.05) is 36.4 Å². The number of ether oxygens (including phenoxy) is 1. The van der Waals surface area contributed by atoms with Crippen LogP contribution in [0.4, 0.5) is 0 Å². The summed E-state index contributed by atoms with van der Waals surface area (Å²) >= 11 is 0. The Morgan fingerprint density at radius 3 is 2.49 bits per heavy atom. The fourth-order valence-corrected chi connectivity index (χ4v) is 3.91. The van der Waals surface area contributed by atoms with E-state index in [1.165, 1.54) is 4.90 Å². The average molecular weight is 479 g/mol. The Bertz CT molecular complexity index is 1200. The fraction of sp³-hybridized carbons (Fsp3) is 0.400. The summed E-state index contributed by atoms with van der Waals surface area (Å²) in [5, 5.41) is 11.5. The highest BCUT2D eigenvalue weighted by Crippen LogP contribution is 2.21. The number of nitrogens with two attached hydrogens (primary N) is 1. The van der Waals surface area contributed by atoms with E-state index in [9.17, 15) is 14.4 Å². The highest BCUT2D eigenvalue weighted by atomic mass is 16.5. The summed E-state index contributed by atoms with van der Waals surface area (Å²) in [6, 6.07) is 14.4. The average Bonchev–Trinajstić information content (AvgIpc) is 3.26. The molecule has 184 valence electrons. The molecule has 1 fully saturated rings. The van der Waals surface area contributed by atoms with Crippen LogP contribution >= 0.6 is 0 Å². The molecule has 35 heavy (non-hydrogen) atoms. The zero-order valence-electron chi connectivity index (χ0n) is 19.9. The molecule has 2 aromatic heterocycles. The van der Waals surface area contributed by atoms with Crippen molar-refractivity contribution in [3.63, 3.8) is 0 Å². The largest absolute Gasteiger partial charge is 0.374 e. The molecule has 3 N–H and O–H groups in total. The van der Waals surface area contributed by atoms with Crippen LogP contribution in [0.5, 0.6) is 0 Å². The predicted molar refractivity (Wildman–Crippen MR) is 128 cm³/mol. The first-order valence-corrected chi connectivity index (χ1v) is 11.6. The van der Waals surface area contributed by atoms with E-state index in [0.717, 1.165) is 5.56 Å². The SMILES string of the molecule is CC(C)(N)C(=O)N[C@H](COCc1ccccc1)c1nnc2cccc(CN3C(=O)CCCC3=O)n12. The van der Waals surface area contributed by atoms with Crippen LogP contribution in [0.3, 0.4) is 0 Å². The molecule has 3 heterocycles. The molecular weight excluding hydrogens is 448 g/mol. The van der Waals surface area contributed by atoms with Gasteiger partial charge in [-0.1, -0.05) is 36.4 Å². The van der Waals surface area contributed by atoms with Gasteiger partial charge in [0, 0.05) is 18.5 Å². The lowest BCUT2D eigenvalue weighted by molar-refractivity contribution is -0.148. The van der Waals surface area contributed by atoms with Crippen molar-refractivity contribution in [2.75, 3.05) is 6.61 Å². The van der Waals surface area contributed by atoms with Crippen LogP contribution in [0.1, 0.15) is 56.2 Å². The van der Waals surface area contributed by atoms with Gasteiger partial charge in [-0.3, -0.25) is 23.7 Å². The first kappa shape index (κ1) is 24.5. The molecule has 10 heteroatoms. The Morgan fingerprint density at radius 2 is 1.80 bits per heavy atom. The molecule has 1 aliphatic heterocycles.